The van der Waals surface area contributed by atoms with Gasteiger partial charge in [-0.3, -0.25) is 9.59 Å². The molecule has 0 aliphatic carbocycles. The normalized spacial score (nSPS) is 18.9. The van der Waals surface area contributed by atoms with Crippen LogP contribution < -0.4 is 11.1 Å². The quantitative estimate of drug-likeness (QED) is 0.569. The van der Waals surface area contributed by atoms with Gasteiger partial charge < -0.3 is 20.7 Å². The molecule has 0 aromatic carbocycles. The molecule has 0 spiro atoms. The Bertz CT molecular complexity index is 319. The van der Waals surface area contributed by atoms with Crippen molar-refractivity contribution in [3.8, 4) is 0 Å². The molecule has 2 amide bonds. The fourth-order valence-corrected chi connectivity index (χ4v) is 1.79. The van der Waals surface area contributed by atoms with E-state index in [4.69, 9.17) is 5.73 Å². The van der Waals surface area contributed by atoms with Gasteiger partial charge in [-0.05, 0) is 12.8 Å². The third-order valence-corrected chi connectivity index (χ3v) is 2.67. The maximum Gasteiger partial charge on any atom is 0.328 e. The van der Waals surface area contributed by atoms with E-state index in [-0.39, 0.29) is 19.0 Å². The summed E-state index contributed by atoms with van der Waals surface area (Å²) in [5.74, 6) is -1.10. The monoisotopic (exact) mass is 243 g/mol. The number of carbonyl (C=O) groups is 3. The first kappa shape index (κ1) is 13.4. The van der Waals surface area contributed by atoms with Gasteiger partial charge in [-0.1, -0.05) is 0 Å². The summed E-state index contributed by atoms with van der Waals surface area (Å²) in [7, 11) is 1.29. The van der Waals surface area contributed by atoms with Crippen LogP contribution in [0.2, 0.25) is 0 Å². The summed E-state index contributed by atoms with van der Waals surface area (Å²) in [5.41, 5.74) is 5.10. The zero-order valence-electron chi connectivity index (χ0n) is 9.77. The van der Waals surface area contributed by atoms with Gasteiger partial charge in [0.2, 0.25) is 11.8 Å². The van der Waals surface area contributed by atoms with Gasteiger partial charge in [0, 0.05) is 6.54 Å². The van der Waals surface area contributed by atoms with Crippen molar-refractivity contribution in [2.45, 2.75) is 18.9 Å². The van der Waals surface area contributed by atoms with Crippen molar-refractivity contribution in [3.05, 3.63) is 0 Å². The minimum Gasteiger partial charge on any atom is -0.467 e. The molecule has 0 bridgehead atoms. The predicted molar refractivity (Wildman–Crippen MR) is 58.8 cm³/mol. The lowest BCUT2D eigenvalue weighted by Gasteiger charge is -2.22. The predicted octanol–water partition coefficient (Wildman–Crippen LogP) is -1.77. The molecule has 3 N–H and O–H groups in total. The Kier molecular flexibility index (Phi) is 4.89. The summed E-state index contributed by atoms with van der Waals surface area (Å²) in [6, 6.07) is -0.526. The van der Waals surface area contributed by atoms with Gasteiger partial charge in [-0.2, -0.15) is 0 Å². The Hall–Kier alpha value is -1.63. The van der Waals surface area contributed by atoms with E-state index in [1.165, 1.54) is 12.0 Å². The third kappa shape index (κ3) is 3.42. The average molecular weight is 243 g/mol. The maximum absolute atomic E-state index is 11.8. The van der Waals surface area contributed by atoms with Crippen LogP contribution >= 0.6 is 0 Å². The minimum atomic E-state index is -0.526. The molecule has 1 fully saturated rings. The highest BCUT2D eigenvalue weighted by Crippen LogP contribution is 2.18. The average Bonchev–Trinajstić information content (AvgIpc) is 2.83. The maximum atomic E-state index is 11.8. The van der Waals surface area contributed by atoms with Gasteiger partial charge in [0.25, 0.3) is 0 Å². The lowest BCUT2D eigenvalue weighted by atomic mass is 10.2. The molecule has 7 nitrogen and oxygen atoms in total. The van der Waals surface area contributed by atoms with Crippen LogP contribution in [0, 0.1) is 0 Å². The second kappa shape index (κ2) is 6.19. The second-order valence-corrected chi connectivity index (χ2v) is 3.75. The highest BCUT2D eigenvalue weighted by atomic mass is 16.5. The van der Waals surface area contributed by atoms with Crippen molar-refractivity contribution in [1.82, 2.24) is 10.2 Å². The van der Waals surface area contributed by atoms with E-state index in [9.17, 15) is 14.4 Å². The third-order valence-electron chi connectivity index (χ3n) is 2.67. The Morgan fingerprint density at radius 3 is 2.76 bits per heavy atom. The van der Waals surface area contributed by atoms with Gasteiger partial charge >= 0.3 is 5.97 Å². The molecule has 1 aliphatic heterocycles. The molecule has 1 rings (SSSR count). The first-order valence-corrected chi connectivity index (χ1v) is 5.44. The number of nitrogens with one attached hydrogen (secondary N) is 1. The van der Waals surface area contributed by atoms with Crippen LogP contribution in [0.3, 0.4) is 0 Å². The van der Waals surface area contributed by atoms with E-state index in [1.54, 1.807) is 0 Å². The van der Waals surface area contributed by atoms with Gasteiger partial charge in [0.15, 0.2) is 0 Å². The summed E-state index contributed by atoms with van der Waals surface area (Å²) >= 11 is 0. The molecule has 1 atom stereocenters. The van der Waals surface area contributed by atoms with Gasteiger partial charge in [0.1, 0.15) is 6.04 Å². The molecule has 17 heavy (non-hydrogen) atoms. The number of ether oxygens (including phenoxy) is 1. The van der Waals surface area contributed by atoms with Crippen molar-refractivity contribution in [3.63, 3.8) is 0 Å². The number of hydrogen-bond donors (Lipinski definition) is 2. The Labute approximate surface area is 99.3 Å². The highest BCUT2D eigenvalue weighted by molar-refractivity contribution is 5.89. The van der Waals surface area contributed by atoms with E-state index in [0.717, 1.165) is 6.42 Å². The number of methoxy groups -OCH3 is 1. The van der Waals surface area contributed by atoms with Gasteiger partial charge in [-0.25, -0.2) is 4.79 Å². The highest BCUT2D eigenvalue weighted by Gasteiger charge is 2.34. The van der Waals surface area contributed by atoms with E-state index in [0.29, 0.717) is 13.0 Å². The molecule has 1 unspecified atom stereocenters. The fourth-order valence-electron chi connectivity index (χ4n) is 1.79. The summed E-state index contributed by atoms with van der Waals surface area (Å²) in [6.45, 7) is 0.217. The van der Waals surface area contributed by atoms with Crippen molar-refractivity contribution < 1.29 is 19.1 Å². The molecule has 0 aromatic heterocycles. The summed E-state index contributed by atoms with van der Waals surface area (Å²) < 4.78 is 4.62. The van der Waals surface area contributed by atoms with Crippen LogP contribution in [0.5, 0.6) is 0 Å². The number of rotatable bonds is 4. The van der Waals surface area contributed by atoms with Crippen molar-refractivity contribution >= 4 is 17.8 Å². The second-order valence-electron chi connectivity index (χ2n) is 3.75. The lowest BCUT2D eigenvalue weighted by molar-refractivity contribution is -0.150. The first-order chi connectivity index (χ1) is 8.10. The molecule has 0 aromatic rings. The molecular formula is C10H17N3O4. The summed E-state index contributed by atoms with van der Waals surface area (Å²) in [5, 5.41) is 2.38. The topological polar surface area (TPSA) is 102 Å². The van der Waals surface area contributed by atoms with Crippen molar-refractivity contribution in [2.75, 3.05) is 26.7 Å². The van der Waals surface area contributed by atoms with E-state index >= 15 is 0 Å². The van der Waals surface area contributed by atoms with E-state index in [2.05, 4.69) is 10.1 Å². The Balaban J connectivity index is 2.50. The number of carbonyl (C=O) groups excluding carboxylic acids is 3. The molecular weight excluding hydrogens is 226 g/mol. The number of nitrogens with zero attached hydrogens (tertiary/aromatic N) is 1. The van der Waals surface area contributed by atoms with Crippen molar-refractivity contribution in [2.24, 2.45) is 5.73 Å². The van der Waals surface area contributed by atoms with E-state index < -0.39 is 17.9 Å². The molecule has 96 valence electrons. The smallest absolute Gasteiger partial charge is 0.328 e. The van der Waals surface area contributed by atoms with Crippen LogP contribution in [0.4, 0.5) is 0 Å². The molecule has 1 heterocycles. The number of nitrogens with two attached hydrogens (primary N) is 1. The number of amides is 2. The van der Waals surface area contributed by atoms with Crippen LogP contribution in [0.15, 0.2) is 0 Å². The Morgan fingerprint density at radius 1 is 1.47 bits per heavy atom. The Morgan fingerprint density at radius 2 is 2.18 bits per heavy atom. The molecule has 7 heteroatoms. The number of likely N-dealkylation sites (tertiary alicyclic amines) is 1. The molecule has 0 saturated carbocycles. The van der Waals surface area contributed by atoms with Crippen molar-refractivity contribution in [1.29, 1.82) is 0 Å². The summed E-state index contributed by atoms with van der Waals surface area (Å²) in [4.78, 5) is 35.5. The van der Waals surface area contributed by atoms with Crippen LogP contribution in [0.25, 0.3) is 0 Å². The molecule has 0 radical (unpaired) electrons. The number of hydrogen-bond acceptors (Lipinski definition) is 5. The van der Waals surface area contributed by atoms with Gasteiger partial charge in [-0.15, -0.1) is 0 Å². The number of esters is 1. The lowest BCUT2D eigenvalue weighted by Crippen LogP contribution is -2.46. The SMILES string of the molecule is COC(=O)C1CCCN1C(=O)CNC(=O)CN. The van der Waals surface area contributed by atoms with Crippen LogP contribution in [-0.2, 0) is 19.1 Å². The standard InChI is InChI=1S/C10H17N3O4/c1-17-10(16)7-3-2-4-13(7)9(15)6-12-8(14)5-11/h7H,2-6,11H2,1H3,(H,12,14). The molecule has 1 saturated heterocycles. The van der Waals surface area contributed by atoms with Crippen LogP contribution in [-0.4, -0.2) is 55.5 Å². The minimum absolute atomic E-state index is 0.135. The van der Waals surface area contributed by atoms with E-state index in [1.807, 2.05) is 0 Å². The molecule has 1 aliphatic rings. The largest absolute Gasteiger partial charge is 0.467 e. The zero-order chi connectivity index (χ0) is 12.8. The zero-order valence-corrected chi connectivity index (χ0v) is 9.77. The van der Waals surface area contributed by atoms with Gasteiger partial charge in [0.05, 0.1) is 20.2 Å². The summed E-state index contributed by atoms with van der Waals surface area (Å²) in [6.07, 6.45) is 1.36. The fraction of sp³-hybridized carbons (Fsp3) is 0.700. The van der Waals surface area contributed by atoms with Crippen LogP contribution in [0.1, 0.15) is 12.8 Å². The first-order valence-electron chi connectivity index (χ1n) is 5.44.